The maximum atomic E-state index is 12.5. The van der Waals surface area contributed by atoms with Gasteiger partial charge in [-0.25, -0.2) is 0 Å². The molecule has 3 rings (SSSR count). The van der Waals surface area contributed by atoms with Gasteiger partial charge < -0.3 is 15.4 Å². The van der Waals surface area contributed by atoms with Crippen LogP contribution in [0.15, 0.2) is 36.4 Å². The Morgan fingerprint density at radius 2 is 1.92 bits per heavy atom. The SMILES string of the molecule is CC(=O)Nc1ccc(NC(=O)[C@H]2COc3ccc(Cl)cc3C2)cc1Cl. The van der Waals surface area contributed by atoms with Crippen LogP contribution in [-0.2, 0) is 16.0 Å². The molecular formula is C18H16Cl2N2O3. The van der Waals surface area contributed by atoms with E-state index in [4.69, 9.17) is 27.9 Å². The maximum absolute atomic E-state index is 12.5. The minimum absolute atomic E-state index is 0.158. The molecule has 1 atom stereocenters. The fourth-order valence-corrected chi connectivity index (χ4v) is 3.08. The normalized spacial score (nSPS) is 15.7. The van der Waals surface area contributed by atoms with Gasteiger partial charge in [-0.3, -0.25) is 9.59 Å². The molecule has 1 heterocycles. The highest BCUT2D eigenvalue weighted by Gasteiger charge is 2.26. The van der Waals surface area contributed by atoms with Crippen molar-refractivity contribution >= 4 is 46.4 Å². The minimum atomic E-state index is -0.320. The lowest BCUT2D eigenvalue weighted by atomic mass is 9.96. The molecule has 0 saturated heterocycles. The standard InChI is InChI=1S/C18H16Cl2N2O3/c1-10(23)21-16-4-3-14(8-15(16)20)22-18(24)12-6-11-7-13(19)2-5-17(11)25-9-12/h2-5,7-8,12H,6,9H2,1H3,(H,21,23)(H,22,24)/t12-/m1/s1. The highest BCUT2D eigenvalue weighted by molar-refractivity contribution is 6.34. The van der Waals surface area contributed by atoms with E-state index in [1.807, 2.05) is 12.1 Å². The fraction of sp³-hybridized carbons (Fsp3) is 0.222. The monoisotopic (exact) mass is 378 g/mol. The summed E-state index contributed by atoms with van der Waals surface area (Å²) in [6.45, 7) is 1.71. The van der Waals surface area contributed by atoms with E-state index >= 15 is 0 Å². The second kappa shape index (κ2) is 7.33. The third-order valence-corrected chi connectivity index (χ3v) is 4.39. The van der Waals surface area contributed by atoms with Crippen molar-refractivity contribution < 1.29 is 14.3 Å². The van der Waals surface area contributed by atoms with Gasteiger partial charge in [-0.2, -0.15) is 0 Å². The van der Waals surface area contributed by atoms with Crippen molar-refractivity contribution in [2.75, 3.05) is 17.2 Å². The molecule has 0 saturated carbocycles. The first-order valence-electron chi connectivity index (χ1n) is 7.71. The predicted octanol–water partition coefficient (Wildman–Crippen LogP) is 4.14. The largest absolute Gasteiger partial charge is 0.492 e. The number of ether oxygens (including phenoxy) is 1. The van der Waals surface area contributed by atoms with E-state index in [9.17, 15) is 9.59 Å². The Hall–Kier alpha value is -2.24. The Labute approximate surface area is 155 Å². The molecule has 0 radical (unpaired) electrons. The summed E-state index contributed by atoms with van der Waals surface area (Å²) >= 11 is 12.1. The van der Waals surface area contributed by atoms with Crippen LogP contribution in [0, 0.1) is 5.92 Å². The van der Waals surface area contributed by atoms with Gasteiger partial charge in [0.25, 0.3) is 0 Å². The second-order valence-corrected chi connectivity index (χ2v) is 6.67. The first-order chi connectivity index (χ1) is 11.9. The molecule has 1 aliphatic heterocycles. The Morgan fingerprint density at radius 1 is 1.12 bits per heavy atom. The van der Waals surface area contributed by atoms with E-state index in [0.717, 1.165) is 11.3 Å². The average Bonchev–Trinajstić information content (AvgIpc) is 2.56. The smallest absolute Gasteiger partial charge is 0.231 e. The van der Waals surface area contributed by atoms with Crippen LogP contribution < -0.4 is 15.4 Å². The Balaban J connectivity index is 1.68. The molecule has 0 unspecified atom stereocenters. The molecule has 0 aliphatic carbocycles. The topological polar surface area (TPSA) is 67.4 Å². The Bertz CT molecular complexity index is 839. The van der Waals surface area contributed by atoms with Gasteiger partial charge in [0.1, 0.15) is 12.4 Å². The average molecular weight is 379 g/mol. The molecule has 130 valence electrons. The van der Waals surface area contributed by atoms with E-state index < -0.39 is 0 Å². The summed E-state index contributed by atoms with van der Waals surface area (Å²) in [5.74, 6) is 0.0697. The van der Waals surface area contributed by atoms with Gasteiger partial charge in [-0.15, -0.1) is 0 Å². The molecule has 0 spiro atoms. The minimum Gasteiger partial charge on any atom is -0.492 e. The number of hydrogen-bond donors (Lipinski definition) is 2. The van der Waals surface area contributed by atoms with Gasteiger partial charge in [0, 0.05) is 17.6 Å². The summed E-state index contributed by atoms with van der Waals surface area (Å²) < 4.78 is 5.64. The number of anilines is 2. The van der Waals surface area contributed by atoms with Gasteiger partial charge in [0.2, 0.25) is 11.8 Å². The van der Waals surface area contributed by atoms with Crippen molar-refractivity contribution in [2.45, 2.75) is 13.3 Å². The molecule has 25 heavy (non-hydrogen) atoms. The zero-order valence-electron chi connectivity index (χ0n) is 13.4. The summed E-state index contributed by atoms with van der Waals surface area (Å²) in [6, 6.07) is 10.3. The Morgan fingerprint density at radius 3 is 2.64 bits per heavy atom. The number of benzene rings is 2. The van der Waals surface area contributed by atoms with E-state index in [1.54, 1.807) is 24.3 Å². The van der Waals surface area contributed by atoms with E-state index in [1.165, 1.54) is 6.92 Å². The van der Waals surface area contributed by atoms with Crippen LogP contribution in [0.25, 0.3) is 0 Å². The first-order valence-corrected chi connectivity index (χ1v) is 8.47. The Kier molecular flexibility index (Phi) is 5.16. The molecule has 0 aromatic heterocycles. The van der Waals surface area contributed by atoms with Crippen LogP contribution in [0.3, 0.4) is 0 Å². The maximum Gasteiger partial charge on any atom is 0.231 e. The van der Waals surface area contributed by atoms with Crippen molar-refractivity contribution in [3.8, 4) is 5.75 Å². The molecule has 0 bridgehead atoms. The number of carbonyl (C=O) groups is 2. The predicted molar refractivity (Wildman–Crippen MR) is 98.5 cm³/mol. The van der Waals surface area contributed by atoms with Gasteiger partial charge in [0.15, 0.2) is 0 Å². The number of carbonyl (C=O) groups excluding carboxylic acids is 2. The lowest BCUT2D eigenvalue weighted by molar-refractivity contribution is -0.121. The van der Waals surface area contributed by atoms with Crippen molar-refractivity contribution in [3.63, 3.8) is 0 Å². The molecule has 7 heteroatoms. The molecule has 2 N–H and O–H groups in total. The lowest BCUT2D eigenvalue weighted by Crippen LogP contribution is -2.32. The number of nitrogens with one attached hydrogen (secondary N) is 2. The third-order valence-electron chi connectivity index (χ3n) is 3.85. The molecule has 2 aromatic carbocycles. The lowest BCUT2D eigenvalue weighted by Gasteiger charge is -2.24. The second-order valence-electron chi connectivity index (χ2n) is 5.83. The van der Waals surface area contributed by atoms with Crippen LogP contribution in [0.4, 0.5) is 11.4 Å². The van der Waals surface area contributed by atoms with Crippen LogP contribution in [-0.4, -0.2) is 18.4 Å². The fourth-order valence-electron chi connectivity index (χ4n) is 2.66. The number of fused-ring (bicyclic) bond motifs is 1. The van der Waals surface area contributed by atoms with Crippen LogP contribution in [0.2, 0.25) is 10.0 Å². The van der Waals surface area contributed by atoms with Gasteiger partial charge in [-0.05, 0) is 48.4 Å². The molecule has 2 aromatic rings. The molecule has 0 fully saturated rings. The van der Waals surface area contributed by atoms with Crippen molar-refractivity contribution in [1.29, 1.82) is 0 Å². The number of halogens is 2. The van der Waals surface area contributed by atoms with Crippen molar-refractivity contribution in [1.82, 2.24) is 0 Å². The highest BCUT2D eigenvalue weighted by Crippen LogP contribution is 2.31. The highest BCUT2D eigenvalue weighted by atomic mass is 35.5. The molecular weight excluding hydrogens is 363 g/mol. The molecule has 5 nitrogen and oxygen atoms in total. The van der Waals surface area contributed by atoms with Gasteiger partial charge in [-0.1, -0.05) is 23.2 Å². The van der Waals surface area contributed by atoms with E-state index in [2.05, 4.69) is 10.6 Å². The zero-order chi connectivity index (χ0) is 18.0. The summed E-state index contributed by atoms with van der Waals surface area (Å²) in [7, 11) is 0. The van der Waals surface area contributed by atoms with E-state index in [0.29, 0.717) is 34.4 Å². The summed E-state index contributed by atoms with van der Waals surface area (Å²) in [6.07, 6.45) is 0.555. The molecule has 2 amide bonds. The number of amides is 2. The summed E-state index contributed by atoms with van der Waals surface area (Å²) in [5.41, 5.74) is 1.97. The zero-order valence-corrected chi connectivity index (χ0v) is 14.9. The summed E-state index contributed by atoms with van der Waals surface area (Å²) in [4.78, 5) is 23.6. The number of hydrogen-bond acceptors (Lipinski definition) is 3. The van der Waals surface area contributed by atoms with Crippen molar-refractivity contribution in [2.24, 2.45) is 5.92 Å². The summed E-state index contributed by atoms with van der Waals surface area (Å²) in [5, 5.41) is 6.41. The van der Waals surface area contributed by atoms with Crippen LogP contribution >= 0.6 is 23.2 Å². The third kappa shape index (κ3) is 4.24. The van der Waals surface area contributed by atoms with Crippen LogP contribution in [0.5, 0.6) is 5.75 Å². The number of rotatable bonds is 3. The molecule has 1 aliphatic rings. The van der Waals surface area contributed by atoms with E-state index in [-0.39, 0.29) is 17.7 Å². The van der Waals surface area contributed by atoms with Crippen LogP contribution in [0.1, 0.15) is 12.5 Å². The quantitative estimate of drug-likeness (QED) is 0.842. The van der Waals surface area contributed by atoms with Crippen molar-refractivity contribution in [3.05, 3.63) is 52.0 Å². The van der Waals surface area contributed by atoms with Gasteiger partial charge in [0.05, 0.1) is 16.6 Å². The van der Waals surface area contributed by atoms with Gasteiger partial charge >= 0.3 is 0 Å². The first kappa shape index (κ1) is 17.6.